The van der Waals surface area contributed by atoms with Crippen LogP contribution in [0.4, 0.5) is 0 Å². The van der Waals surface area contributed by atoms with Crippen LogP contribution in [0.3, 0.4) is 0 Å². The van der Waals surface area contributed by atoms with Crippen molar-refractivity contribution in [2.45, 2.75) is 32.7 Å². The molecule has 2 rings (SSSR count). The van der Waals surface area contributed by atoms with Crippen LogP contribution in [0.15, 0.2) is 0 Å². The predicted molar refractivity (Wildman–Crippen MR) is 68.9 cm³/mol. The third-order valence-corrected chi connectivity index (χ3v) is 4.02. The van der Waals surface area contributed by atoms with E-state index >= 15 is 0 Å². The number of rotatable bonds is 2. The number of amides is 1. The molecule has 0 radical (unpaired) electrons. The third kappa shape index (κ3) is 3.19. The Hall–Kier alpha value is -0.610. The zero-order valence-electron chi connectivity index (χ0n) is 11.1. The lowest BCUT2D eigenvalue weighted by Gasteiger charge is -2.38. The summed E-state index contributed by atoms with van der Waals surface area (Å²) in [6.07, 6.45) is 2.55. The van der Waals surface area contributed by atoms with Crippen molar-refractivity contribution in [1.29, 1.82) is 0 Å². The summed E-state index contributed by atoms with van der Waals surface area (Å²) in [4.78, 5) is 16.7. The van der Waals surface area contributed by atoms with E-state index in [-0.39, 0.29) is 6.04 Å². The van der Waals surface area contributed by atoms with Crippen LogP contribution in [0.25, 0.3) is 0 Å². The highest BCUT2D eigenvalue weighted by atomic mass is 16.2. The molecule has 0 spiro atoms. The average molecular weight is 239 g/mol. The molecule has 0 saturated carbocycles. The summed E-state index contributed by atoms with van der Waals surface area (Å²) in [6, 6.07) is 0.0656. The Morgan fingerprint density at radius 2 is 2.00 bits per heavy atom. The van der Waals surface area contributed by atoms with Crippen LogP contribution in [-0.2, 0) is 4.79 Å². The number of carbonyl (C=O) groups is 1. The number of piperazine rings is 1. The second-order valence-electron chi connectivity index (χ2n) is 5.49. The van der Waals surface area contributed by atoms with E-state index in [1.165, 1.54) is 12.8 Å². The van der Waals surface area contributed by atoms with Crippen molar-refractivity contribution >= 4 is 5.91 Å². The van der Waals surface area contributed by atoms with Gasteiger partial charge in [-0.2, -0.15) is 0 Å². The number of carbonyl (C=O) groups excluding carboxylic acids is 1. The van der Waals surface area contributed by atoms with Crippen LogP contribution >= 0.6 is 0 Å². The molecule has 0 bridgehead atoms. The van der Waals surface area contributed by atoms with Crippen LogP contribution in [0.5, 0.6) is 0 Å². The highest BCUT2D eigenvalue weighted by molar-refractivity contribution is 5.81. The van der Waals surface area contributed by atoms with Gasteiger partial charge in [0.1, 0.15) is 0 Å². The number of piperidine rings is 1. The molecule has 4 nitrogen and oxygen atoms in total. The molecule has 1 amide bonds. The number of likely N-dealkylation sites (tertiary alicyclic amines) is 1. The van der Waals surface area contributed by atoms with Crippen LogP contribution in [0.2, 0.25) is 0 Å². The van der Waals surface area contributed by atoms with Gasteiger partial charge in [-0.25, -0.2) is 0 Å². The molecule has 4 heteroatoms. The quantitative estimate of drug-likeness (QED) is 0.764. The van der Waals surface area contributed by atoms with E-state index in [2.05, 4.69) is 24.1 Å². The van der Waals surface area contributed by atoms with Gasteiger partial charge in [0.25, 0.3) is 0 Å². The first kappa shape index (κ1) is 12.8. The van der Waals surface area contributed by atoms with E-state index < -0.39 is 0 Å². The molecule has 2 atom stereocenters. The molecule has 0 aromatic rings. The molecule has 1 N–H and O–H groups in total. The first-order valence-corrected chi connectivity index (χ1v) is 6.92. The first-order chi connectivity index (χ1) is 8.18. The summed E-state index contributed by atoms with van der Waals surface area (Å²) < 4.78 is 0. The van der Waals surface area contributed by atoms with E-state index in [1.54, 1.807) is 0 Å². The number of hydrogen-bond acceptors (Lipinski definition) is 3. The van der Waals surface area contributed by atoms with Crippen molar-refractivity contribution in [3.05, 3.63) is 0 Å². The number of nitrogens with zero attached hydrogens (tertiary/aromatic N) is 2. The summed E-state index contributed by atoms with van der Waals surface area (Å²) >= 11 is 0. The molecular formula is C13H25N3O. The molecule has 0 aromatic carbocycles. The Balaban J connectivity index is 1.89. The smallest absolute Gasteiger partial charge is 0.239 e. The standard InChI is InChI=1S/C13H25N3O/c1-11-4-3-7-16(10-11)12(2)13(17)15-8-5-14-6-9-15/h11-12,14H,3-10H2,1-2H3. The molecule has 2 aliphatic heterocycles. The zero-order valence-corrected chi connectivity index (χ0v) is 11.1. The van der Waals surface area contributed by atoms with Crippen LogP contribution in [-0.4, -0.2) is 61.0 Å². The molecular weight excluding hydrogens is 214 g/mol. The van der Waals surface area contributed by atoms with Gasteiger partial charge in [-0.3, -0.25) is 9.69 Å². The normalized spacial score (nSPS) is 29.1. The fourth-order valence-corrected chi connectivity index (χ4v) is 2.88. The Bertz CT molecular complexity index is 263. The SMILES string of the molecule is CC1CCCN(C(C)C(=O)N2CCNCC2)C1. The van der Waals surface area contributed by atoms with E-state index in [9.17, 15) is 4.79 Å². The second-order valence-corrected chi connectivity index (χ2v) is 5.49. The van der Waals surface area contributed by atoms with Crippen molar-refractivity contribution < 1.29 is 4.79 Å². The monoisotopic (exact) mass is 239 g/mol. The Labute approximate surface area is 104 Å². The van der Waals surface area contributed by atoms with Gasteiger partial charge >= 0.3 is 0 Å². The van der Waals surface area contributed by atoms with E-state index in [0.29, 0.717) is 5.91 Å². The van der Waals surface area contributed by atoms with Gasteiger partial charge in [-0.15, -0.1) is 0 Å². The van der Waals surface area contributed by atoms with Gasteiger partial charge in [0.15, 0.2) is 0 Å². The summed E-state index contributed by atoms with van der Waals surface area (Å²) in [5.41, 5.74) is 0. The third-order valence-electron chi connectivity index (χ3n) is 4.02. The fraction of sp³-hybridized carbons (Fsp3) is 0.923. The number of nitrogens with one attached hydrogen (secondary N) is 1. The van der Waals surface area contributed by atoms with Crippen LogP contribution < -0.4 is 5.32 Å². The lowest BCUT2D eigenvalue weighted by atomic mass is 9.98. The van der Waals surface area contributed by atoms with E-state index in [1.807, 2.05) is 4.90 Å². The lowest BCUT2D eigenvalue weighted by molar-refractivity contribution is -0.137. The van der Waals surface area contributed by atoms with Crippen molar-refractivity contribution in [3.8, 4) is 0 Å². The topological polar surface area (TPSA) is 35.6 Å². The van der Waals surface area contributed by atoms with Crippen molar-refractivity contribution in [2.24, 2.45) is 5.92 Å². The summed E-state index contributed by atoms with van der Waals surface area (Å²) in [6.45, 7) is 10.1. The molecule has 0 aromatic heterocycles. The van der Waals surface area contributed by atoms with E-state index in [0.717, 1.165) is 45.2 Å². The molecule has 0 aliphatic carbocycles. The molecule has 2 aliphatic rings. The number of hydrogen-bond donors (Lipinski definition) is 1. The summed E-state index contributed by atoms with van der Waals surface area (Å²) in [5.74, 6) is 1.06. The molecule has 17 heavy (non-hydrogen) atoms. The maximum Gasteiger partial charge on any atom is 0.239 e. The highest BCUT2D eigenvalue weighted by Crippen LogP contribution is 2.18. The molecule has 2 saturated heterocycles. The summed E-state index contributed by atoms with van der Waals surface area (Å²) in [7, 11) is 0. The minimum Gasteiger partial charge on any atom is -0.339 e. The largest absolute Gasteiger partial charge is 0.339 e. The van der Waals surface area contributed by atoms with Crippen molar-refractivity contribution in [2.75, 3.05) is 39.3 Å². The fourth-order valence-electron chi connectivity index (χ4n) is 2.88. The Morgan fingerprint density at radius 3 is 2.65 bits per heavy atom. The minimum atomic E-state index is 0.0656. The van der Waals surface area contributed by atoms with Gasteiger partial charge in [0.2, 0.25) is 5.91 Å². The zero-order chi connectivity index (χ0) is 12.3. The lowest BCUT2D eigenvalue weighted by Crippen LogP contribution is -2.54. The molecule has 98 valence electrons. The maximum absolute atomic E-state index is 12.4. The Kier molecular flexibility index (Phi) is 4.40. The van der Waals surface area contributed by atoms with Gasteiger partial charge < -0.3 is 10.2 Å². The van der Waals surface area contributed by atoms with Gasteiger partial charge in [-0.05, 0) is 32.2 Å². The van der Waals surface area contributed by atoms with Crippen LogP contribution in [0.1, 0.15) is 26.7 Å². The second kappa shape index (κ2) is 5.83. The van der Waals surface area contributed by atoms with Crippen molar-refractivity contribution in [3.63, 3.8) is 0 Å². The van der Waals surface area contributed by atoms with Gasteiger partial charge in [-0.1, -0.05) is 6.92 Å². The van der Waals surface area contributed by atoms with Crippen molar-refractivity contribution in [1.82, 2.24) is 15.1 Å². The summed E-state index contributed by atoms with van der Waals surface area (Å²) in [5, 5.41) is 3.29. The molecule has 2 heterocycles. The Morgan fingerprint density at radius 1 is 1.29 bits per heavy atom. The average Bonchev–Trinajstić information content (AvgIpc) is 2.38. The predicted octanol–water partition coefficient (Wildman–Crippen LogP) is 0.539. The molecule has 2 unspecified atom stereocenters. The van der Waals surface area contributed by atoms with Crippen LogP contribution in [0, 0.1) is 5.92 Å². The highest BCUT2D eigenvalue weighted by Gasteiger charge is 2.29. The minimum absolute atomic E-state index is 0.0656. The van der Waals surface area contributed by atoms with Gasteiger partial charge in [0.05, 0.1) is 6.04 Å². The molecule has 2 fully saturated rings. The first-order valence-electron chi connectivity index (χ1n) is 6.92. The van der Waals surface area contributed by atoms with E-state index in [4.69, 9.17) is 0 Å². The van der Waals surface area contributed by atoms with Gasteiger partial charge in [0, 0.05) is 32.7 Å². The maximum atomic E-state index is 12.4.